The Bertz CT molecular complexity index is 477. The van der Waals surface area contributed by atoms with E-state index in [1.165, 1.54) is 0 Å². The standard InChI is InChI=1S/C13H20F3N3O3/c1-7(2)5-9(20)17-12(13(14,15)16)10(21)19(6-8(3)4)11(22)18-12/h7-8H,5-6H2,1-4H3,(H,17,20)(H,18,22)/t12-/m0/s1. The SMILES string of the molecule is CC(C)CC(=O)N[C@]1(C(F)(F)F)NC(=O)N(CC(C)C)C1=O. The van der Waals surface area contributed by atoms with Gasteiger partial charge in [0.1, 0.15) is 0 Å². The second-order valence-electron chi connectivity index (χ2n) is 6.13. The molecule has 1 rings (SSSR count). The monoisotopic (exact) mass is 323 g/mol. The molecule has 0 aromatic heterocycles. The third-order valence-electron chi connectivity index (χ3n) is 3.00. The van der Waals surface area contributed by atoms with Crippen LogP contribution in [0.1, 0.15) is 34.1 Å². The molecule has 9 heteroatoms. The zero-order chi connectivity index (χ0) is 17.3. The summed E-state index contributed by atoms with van der Waals surface area (Å²) in [5.41, 5.74) is -3.38. The second kappa shape index (κ2) is 6.13. The molecule has 0 spiro atoms. The number of rotatable bonds is 5. The molecule has 2 N–H and O–H groups in total. The van der Waals surface area contributed by atoms with Gasteiger partial charge in [-0.1, -0.05) is 27.7 Å². The van der Waals surface area contributed by atoms with Crippen LogP contribution in [0.2, 0.25) is 0 Å². The average Bonchev–Trinajstić information content (AvgIpc) is 2.52. The summed E-state index contributed by atoms with van der Waals surface area (Å²) in [6.45, 7) is 6.46. The number of amides is 4. The second-order valence-corrected chi connectivity index (χ2v) is 6.13. The molecule has 0 radical (unpaired) electrons. The minimum atomic E-state index is -5.14. The van der Waals surface area contributed by atoms with Gasteiger partial charge in [-0.2, -0.15) is 13.2 Å². The molecule has 0 bridgehead atoms. The number of halogens is 3. The lowest BCUT2D eigenvalue weighted by Gasteiger charge is -2.30. The Kier molecular flexibility index (Phi) is 5.09. The first kappa shape index (κ1) is 18.2. The van der Waals surface area contributed by atoms with Crippen LogP contribution in [0.3, 0.4) is 0 Å². The molecular formula is C13H20F3N3O3. The highest BCUT2D eigenvalue weighted by Crippen LogP contribution is 2.34. The summed E-state index contributed by atoms with van der Waals surface area (Å²) in [5.74, 6) is -2.85. The summed E-state index contributed by atoms with van der Waals surface area (Å²) in [7, 11) is 0. The molecule has 1 saturated heterocycles. The van der Waals surface area contributed by atoms with Crippen molar-refractivity contribution in [1.29, 1.82) is 0 Å². The average molecular weight is 323 g/mol. The van der Waals surface area contributed by atoms with Crippen LogP contribution in [0.5, 0.6) is 0 Å². The first-order valence-corrected chi connectivity index (χ1v) is 6.92. The molecule has 0 aromatic carbocycles. The lowest BCUT2D eigenvalue weighted by atomic mass is 10.1. The predicted octanol–water partition coefficient (Wildman–Crippen LogP) is 1.62. The van der Waals surface area contributed by atoms with Crippen LogP contribution in [0.25, 0.3) is 0 Å². The van der Waals surface area contributed by atoms with Gasteiger partial charge in [-0.3, -0.25) is 19.8 Å². The van der Waals surface area contributed by atoms with Crippen molar-refractivity contribution < 1.29 is 27.6 Å². The van der Waals surface area contributed by atoms with Gasteiger partial charge in [-0.05, 0) is 11.8 Å². The molecule has 6 nitrogen and oxygen atoms in total. The van der Waals surface area contributed by atoms with E-state index in [0.717, 1.165) is 0 Å². The van der Waals surface area contributed by atoms with Gasteiger partial charge < -0.3 is 5.32 Å². The number of carbonyl (C=O) groups excluding carboxylic acids is 3. The van der Waals surface area contributed by atoms with E-state index < -0.39 is 29.7 Å². The van der Waals surface area contributed by atoms with Crippen LogP contribution >= 0.6 is 0 Å². The molecule has 0 aromatic rings. The number of carbonyl (C=O) groups is 3. The quantitative estimate of drug-likeness (QED) is 0.755. The molecule has 126 valence electrons. The van der Waals surface area contributed by atoms with Crippen molar-refractivity contribution in [2.45, 2.75) is 46.0 Å². The molecule has 1 aliphatic rings. The fourth-order valence-corrected chi connectivity index (χ4v) is 2.09. The largest absolute Gasteiger partial charge is 0.440 e. The molecule has 1 aliphatic heterocycles. The topological polar surface area (TPSA) is 78.5 Å². The Morgan fingerprint density at radius 3 is 2.18 bits per heavy atom. The van der Waals surface area contributed by atoms with Crippen molar-refractivity contribution in [1.82, 2.24) is 15.5 Å². The molecule has 1 heterocycles. The number of hydrogen-bond acceptors (Lipinski definition) is 3. The Labute approximate surface area is 126 Å². The molecule has 0 saturated carbocycles. The number of alkyl halides is 3. The van der Waals surface area contributed by atoms with Crippen molar-refractivity contribution in [3.8, 4) is 0 Å². The van der Waals surface area contributed by atoms with Crippen molar-refractivity contribution in [2.75, 3.05) is 6.54 Å². The van der Waals surface area contributed by atoms with Gasteiger partial charge in [0.15, 0.2) is 0 Å². The number of imide groups is 1. The fourth-order valence-electron chi connectivity index (χ4n) is 2.09. The van der Waals surface area contributed by atoms with Crippen molar-refractivity contribution >= 4 is 17.8 Å². The highest BCUT2D eigenvalue weighted by atomic mass is 19.4. The zero-order valence-electron chi connectivity index (χ0n) is 12.9. The van der Waals surface area contributed by atoms with E-state index in [0.29, 0.717) is 4.90 Å². The molecule has 0 unspecified atom stereocenters. The number of hydrogen-bond donors (Lipinski definition) is 2. The van der Waals surface area contributed by atoms with Gasteiger partial charge in [0.25, 0.3) is 11.6 Å². The van der Waals surface area contributed by atoms with Crippen molar-refractivity contribution in [2.24, 2.45) is 11.8 Å². The van der Waals surface area contributed by atoms with Gasteiger partial charge in [0, 0.05) is 13.0 Å². The maximum atomic E-state index is 13.4. The number of urea groups is 1. The summed E-state index contributed by atoms with van der Waals surface area (Å²) in [4.78, 5) is 36.1. The van der Waals surface area contributed by atoms with Crippen LogP contribution < -0.4 is 10.6 Å². The molecular weight excluding hydrogens is 303 g/mol. The van der Waals surface area contributed by atoms with Crippen LogP contribution in [0, 0.1) is 11.8 Å². The van der Waals surface area contributed by atoms with Crippen LogP contribution in [-0.4, -0.2) is 41.1 Å². The lowest BCUT2D eigenvalue weighted by molar-refractivity contribution is -0.204. The third kappa shape index (κ3) is 3.50. The highest BCUT2D eigenvalue weighted by molar-refractivity contribution is 6.08. The first-order valence-electron chi connectivity index (χ1n) is 6.92. The Morgan fingerprint density at radius 2 is 1.77 bits per heavy atom. The Hall–Kier alpha value is -1.80. The maximum absolute atomic E-state index is 13.4. The lowest BCUT2D eigenvalue weighted by Crippen LogP contribution is -2.69. The predicted molar refractivity (Wildman–Crippen MR) is 71.5 cm³/mol. The van der Waals surface area contributed by atoms with Gasteiger partial charge in [-0.25, -0.2) is 4.79 Å². The molecule has 1 fully saturated rings. The summed E-state index contributed by atoms with van der Waals surface area (Å²) in [5, 5.41) is 3.26. The van der Waals surface area contributed by atoms with E-state index in [1.807, 2.05) is 0 Å². The van der Waals surface area contributed by atoms with E-state index in [1.54, 1.807) is 38.3 Å². The summed E-state index contributed by atoms with van der Waals surface area (Å²) in [6.07, 6.45) is -5.33. The van der Waals surface area contributed by atoms with Crippen LogP contribution in [0.4, 0.5) is 18.0 Å². The van der Waals surface area contributed by atoms with Crippen molar-refractivity contribution in [3.05, 3.63) is 0 Å². The van der Waals surface area contributed by atoms with E-state index in [-0.39, 0.29) is 24.8 Å². The first-order chi connectivity index (χ1) is 9.90. The Morgan fingerprint density at radius 1 is 1.23 bits per heavy atom. The number of nitrogens with one attached hydrogen (secondary N) is 2. The molecule has 1 atom stereocenters. The highest BCUT2D eigenvalue weighted by Gasteiger charge is 2.68. The van der Waals surface area contributed by atoms with Crippen LogP contribution in [-0.2, 0) is 9.59 Å². The summed E-state index contributed by atoms with van der Waals surface area (Å²) >= 11 is 0. The van der Waals surface area contributed by atoms with E-state index in [9.17, 15) is 27.6 Å². The van der Waals surface area contributed by atoms with Gasteiger partial charge >= 0.3 is 12.2 Å². The van der Waals surface area contributed by atoms with Gasteiger partial charge in [0.2, 0.25) is 5.91 Å². The maximum Gasteiger partial charge on any atom is 0.440 e. The third-order valence-corrected chi connectivity index (χ3v) is 3.00. The molecule has 4 amide bonds. The van der Waals surface area contributed by atoms with E-state index >= 15 is 0 Å². The summed E-state index contributed by atoms with van der Waals surface area (Å²) in [6, 6.07) is -1.17. The van der Waals surface area contributed by atoms with Crippen LogP contribution in [0.15, 0.2) is 0 Å². The minimum Gasteiger partial charge on any atom is -0.318 e. The zero-order valence-corrected chi connectivity index (χ0v) is 12.9. The van der Waals surface area contributed by atoms with Crippen molar-refractivity contribution in [3.63, 3.8) is 0 Å². The van der Waals surface area contributed by atoms with Gasteiger partial charge in [0.05, 0.1) is 0 Å². The molecule has 0 aliphatic carbocycles. The minimum absolute atomic E-state index is 0.164. The summed E-state index contributed by atoms with van der Waals surface area (Å²) < 4.78 is 40.1. The number of nitrogens with zero attached hydrogens (tertiary/aromatic N) is 1. The smallest absolute Gasteiger partial charge is 0.318 e. The normalized spacial score (nSPS) is 22.5. The van der Waals surface area contributed by atoms with Gasteiger partial charge in [-0.15, -0.1) is 0 Å². The van der Waals surface area contributed by atoms with E-state index in [2.05, 4.69) is 0 Å². The fraction of sp³-hybridized carbons (Fsp3) is 0.769. The molecule has 22 heavy (non-hydrogen) atoms. The van der Waals surface area contributed by atoms with E-state index in [4.69, 9.17) is 0 Å². The Balaban J connectivity index is 3.12.